The molecule has 4 aromatic rings. The number of imide groups is 2. The topological polar surface area (TPSA) is 107 Å². The second-order valence-corrected chi connectivity index (χ2v) is 13.0. The predicted octanol–water partition coefficient (Wildman–Crippen LogP) is 5.89. The molecule has 0 bridgehead atoms. The molecule has 2 aliphatic heterocycles. The lowest BCUT2D eigenvalue weighted by Gasteiger charge is -2.50. The van der Waals surface area contributed by atoms with Gasteiger partial charge in [-0.2, -0.15) is 5.01 Å². The fourth-order valence-electron chi connectivity index (χ4n) is 8.66. The zero-order chi connectivity index (χ0) is 32.4. The number of amides is 4. The molecule has 47 heavy (non-hydrogen) atoms. The van der Waals surface area contributed by atoms with Crippen molar-refractivity contribution in [2.45, 2.75) is 31.1 Å². The van der Waals surface area contributed by atoms with Crippen molar-refractivity contribution < 1.29 is 24.3 Å². The largest absolute Gasteiger partial charge is 0.508 e. The highest BCUT2D eigenvalue weighted by Gasteiger charge is 2.70. The second-order valence-electron chi connectivity index (χ2n) is 13.0. The molecule has 4 aliphatic rings. The Bertz CT molecular complexity index is 1960. The van der Waals surface area contributed by atoms with Crippen molar-refractivity contribution in [2.75, 3.05) is 10.3 Å². The third-order valence-electron chi connectivity index (χ3n) is 10.6. The van der Waals surface area contributed by atoms with E-state index in [2.05, 4.69) is 5.43 Å². The predicted molar refractivity (Wildman–Crippen MR) is 176 cm³/mol. The minimum atomic E-state index is -1.37. The van der Waals surface area contributed by atoms with E-state index in [9.17, 15) is 19.5 Å². The molecule has 8 rings (SSSR count). The van der Waals surface area contributed by atoms with Crippen molar-refractivity contribution in [2.24, 2.45) is 23.7 Å². The average Bonchev–Trinajstić information content (AvgIpc) is 3.47. The number of nitrogens with zero attached hydrogens (tertiary/aromatic N) is 2. The van der Waals surface area contributed by atoms with Crippen molar-refractivity contribution in [3.8, 4) is 5.75 Å². The average molecular weight is 624 g/mol. The van der Waals surface area contributed by atoms with Crippen molar-refractivity contribution >= 4 is 35.0 Å². The van der Waals surface area contributed by atoms with Crippen LogP contribution in [0.2, 0.25) is 0 Å². The number of fused-ring (bicyclic) bond motifs is 4. The van der Waals surface area contributed by atoms with Gasteiger partial charge in [0.15, 0.2) is 0 Å². The second kappa shape index (κ2) is 10.8. The third-order valence-corrected chi connectivity index (χ3v) is 10.6. The van der Waals surface area contributed by atoms with Gasteiger partial charge in [-0.25, -0.2) is 0 Å². The van der Waals surface area contributed by atoms with E-state index < -0.39 is 40.9 Å². The number of rotatable bonds is 5. The molecule has 0 aromatic heterocycles. The van der Waals surface area contributed by atoms with Crippen LogP contribution in [0.1, 0.15) is 35.4 Å². The summed E-state index contributed by atoms with van der Waals surface area (Å²) in [7, 11) is 0. The Kier molecular flexibility index (Phi) is 6.65. The molecule has 0 radical (unpaired) electrons. The summed E-state index contributed by atoms with van der Waals surface area (Å²) < 4.78 is 0. The smallest absolute Gasteiger partial charge is 0.260 e. The van der Waals surface area contributed by atoms with E-state index in [-0.39, 0.29) is 29.9 Å². The van der Waals surface area contributed by atoms with E-state index in [1.54, 1.807) is 42.5 Å². The van der Waals surface area contributed by atoms with Crippen LogP contribution in [0.3, 0.4) is 0 Å². The number of allylic oxidation sites excluding steroid dienone is 2. The van der Waals surface area contributed by atoms with Gasteiger partial charge in [-0.05, 0) is 73.2 Å². The quantitative estimate of drug-likeness (QED) is 0.212. The number of para-hydroxylation sites is 1. The lowest BCUT2D eigenvalue weighted by atomic mass is 9.49. The first-order valence-corrected chi connectivity index (χ1v) is 16.0. The molecule has 2 saturated heterocycles. The van der Waals surface area contributed by atoms with E-state index in [4.69, 9.17) is 0 Å². The maximum Gasteiger partial charge on any atom is 0.260 e. The number of phenolic OH excluding ortho intramolecular Hbond substituents is 1. The van der Waals surface area contributed by atoms with Crippen LogP contribution < -0.4 is 10.3 Å². The van der Waals surface area contributed by atoms with Crippen LogP contribution >= 0.6 is 0 Å². The molecule has 6 atom stereocenters. The lowest BCUT2D eigenvalue weighted by Crippen LogP contribution is -2.53. The Balaban J connectivity index is 1.32. The standard InChI is InChI=1S/C39H33N3O5/c1-23-15-17-26(18-16-23)40-42-36(45)32-22-31-29(19-20-30-33(31)37(46)41(35(30)44)27-12-6-3-7-13-27)34(24-9-8-14-28(43)21-24)39(32,38(42)47)25-10-4-2-5-11-25/h2-19,21,30-34,40,43H,20,22H2,1H3. The number of aromatic hydroxyl groups is 1. The number of hydrazine groups is 1. The molecule has 2 N–H and O–H groups in total. The Labute approximate surface area is 272 Å². The third kappa shape index (κ3) is 4.20. The molecule has 0 spiro atoms. The van der Waals surface area contributed by atoms with E-state index >= 15 is 4.79 Å². The highest BCUT2D eigenvalue weighted by atomic mass is 16.3. The number of hydrogen-bond donors (Lipinski definition) is 2. The van der Waals surface area contributed by atoms with Crippen molar-refractivity contribution in [3.05, 3.63) is 138 Å². The molecular weight excluding hydrogens is 590 g/mol. The van der Waals surface area contributed by atoms with Gasteiger partial charge in [-0.3, -0.25) is 29.5 Å². The van der Waals surface area contributed by atoms with Crippen molar-refractivity contribution in [1.29, 1.82) is 0 Å². The van der Waals surface area contributed by atoms with Crippen molar-refractivity contribution in [3.63, 3.8) is 0 Å². The maximum atomic E-state index is 15.1. The Morgan fingerprint density at radius 1 is 0.766 bits per heavy atom. The Hall–Kier alpha value is -5.50. The van der Waals surface area contributed by atoms with Gasteiger partial charge in [-0.1, -0.05) is 90.0 Å². The van der Waals surface area contributed by atoms with Crippen LogP contribution in [0.15, 0.2) is 121 Å². The normalized spacial score (nSPS) is 28.1. The summed E-state index contributed by atoms with van der Waals surface area (Å²) in [6.07, 6.45) is 2.58. The van der Waals surface area contributed by atoms with Gasteiger partial charge >= 0.3 is 0 Å². The van der Waals surface area contributed by atoms with E-state index in [1.165, 1.54) is 4.90 Å². The monoisotopic (exact) mass is 623 g/mol. The number of benzene rings is 4. The highest BCUT2D eigenvalue weighted by Crippen LogP contribution is 2.64. The van der Waals surface area contributed by atoms with Crippen LogP contribution in [0, 0.1) is 30.6 Å². The molecule has 2 heterocycles. The number of nitrogens with one attached hydrogen (secondary N) is 1. The maximum absolute atomic E-state index is 15.1. The van der Waals surface area contributed by atoms with Crippen LogP contribution in [-0.4, -0.2) is 33.7 Å². The van der Waals surface area contributed by atoms with Gasteiger partial charge in [-0.15, -0.1) is 0 Å². The summed E-state index contributed by atoms with van der Waals surface area (Å²) >= 11 is 0. The summed E-state index contributed by atoms with van der Waals surface area (Å²) in [4.78, 5) is 59.2. The number of anilines is 2. The summed E-state index contributed by atoms with van der Waals surface area (Å²) in [5, 5.41) is 11.9. The minimum Gasteiger partial charge on any atom is -0.508 e. The molecule has 1 saturated carbocycles. The molecule has 8 nitrogen and oxygen atoms in total. The first kappa shape index (κ1) is 28.9. The summed E-state index contributed by atoms with van der Waals surface area (Å²) in [6, 6.07) is 32.6. The van der Waals surface area contributed by atoms with Gasteiger partial charge < -0.3 is 5.11 Å². The zero-order valence-corrected chi connectivity index (χ0v) is 25.7. The Morgan fingerprint density at radius 3 is 2.17 bits per heavy atom. The highest BCUT2D eigenvalue weighted by molar-refractivity contribution is 6.22. The molecule has 234 valence electrons. The number of aryl methyl sites for hydroxylation is 1. The first-order chi connectivity index (χ1) is 22.8. The van der Waals surface area contributed by atoms with Gasteiger partial charge in [0.2, 0.25) is 11.8 Å². The Morgan fingerprint density at radius 2 is 1.47 bits per heavy atom. The van der Waals surface area contributed by atoms with Gasteiger partial charge in [0, 0.05) is 5.92 Å². The molecular formula is C39H33N3O5. The van der Waals surface area contributed by atoms with E-state index in [0.717, 1.165) is 16.1 Å². The van der Waals surface area contributed by atoms with Crippen LogP contribution in [0.5, 0.6) is 5.75 Å². The molecule has 2 aliphatic carbocycles. The molecule has 6 unspecified atom stereocenters. The summed E-state index contributed by atoms with van der Waals surface area (Å²) in [5.41, 5.74) is 6.11. The lowest BCUT2D eigenvalue weighted by molar-refractivity contribution is -0.138. The van der Waals surface area contributed by atoms with E-state index in [0.29, 0.717) is 28.9 Å². The van der Waals surface area contributed by atoms with Gasteiger partial charge in [0.25, 0.3) is 11.8 Å². The minimum absolute atomic E-state index is 0.0347. The summed E-state index contributed by atoms with van der Waals surface area (Å²) in [6.45, 7) is 1.96. The molecule has 4 amide bonds. The van der Waals surface area contributed by atoms with Gasteiger partial charge in [0.05, 0.1) is 34.5 Å². The zero-order valence-electron chi connectivity index (χ0n) is 25.7. The van der Waals surface area contributed by atoms with Crippen LogP contribution in [0.4, 0.5) is 11.4 Å². The molecule has 3 fully saturated rings. The fraction of sp³-hybridized carbons (Fsp3) is 0.231. The van der Waals surface area contributed by atoms with Gasteiger partial charge in [0.1, 0.15) is 5.75 Å². The summed E-state index contributed by atoms with van der Waals surface area (Å²) in [5.74, 6) is -4.53. The van der Waals surface area contributed by atoms with E-state index in [1.807, 2.05) is 79.7 Å². The number of carbonyl (C=O) groups is 4. The number of hydrogen-bond acceptors (Lipinski definition) is 6. The number of carbonyl (C=O) groups excluding carboxylic acids is 4. The van der Waals surface area contributed by atoms with Crippen molar-refractivity contribution in [1.82, 2.24) is 5.01 Å². The molecule has 8 heteroatoms. The fourth-order valence-corrected chi connectivity index (χ4v) is 8.66. The van der Waals surface area contributed by atoms with Crippen LogP contribution in [0.25, 0.3) is 0 Å². The first-order valence-electron chi connectivity index (χ1n) is 16.0. The SMILES string of the molecule is Cc1ccc(NN2C(=O)C3CC4C(=CCC5C(=O)N(c6ccccc6)C(=O)C54)C(c4cccc(O)c4)C3(c3ccccc3)C2=O)cc1. The van der Waals surface area contributed by atoms with Crippen LogP contribution in [-0.2, 0) is 24.6 Å². The number of phenols is 1. The molecule has 4 aromatic carbocycles.